The minimum absolute atomic E-state index is 0.407. The van der Waals surface area contributed by atoms with Crippen LogP contribution in [-0.2, 0) is 0 Å². The normalized spacial score (nSPS) is 22.6. The van der Waals surface area contributed by atoms with Crippen molar-refractivity contribution in [2.45, 2.75) is 71.1 Å². The number of aromatic nitrogens is 2. The van der Waals surface area contributed by atoms with E-state index in [1.54, 1.807) is 0 Å². The zero-order valence-corrected chi connectivity index (χ0v) is 15.3. The molecule has 0 radical (unpaired) electrons. The topological polar surface area (TPSA) is 37.8 Å². The highest BCUT2D eigenvalue weighted by atomic mass is 79.9. The maximum atomic E-state index is 4.88. The molecule has 1 heterocycles. The summed E-state index contributed by atoms with van der Waals surface area (Å²) < 4.78 is 1.02. The molecule has 1 N–H and O–H groups in total. The van der Waals surface area contributed by atoms with Gasteiger partial charge in [0.2, 0.25) is 0 Å². The van der Waals surface area contributed by atoms with E-state index in [1.165, 1.54) is 38.5 Å². The smallest absolute Gasteiger partial charge is 0.144 e. The predicted octanol–water partition coefficient (Wildman–Crippen LogP) is 5.48. The lowest BCUT2D eigenvalue weighted by Crippen LogP contribution is -2.17. The summed E-state index contributed by atoms with van der Waals surface area (Å²) in [4.78, 5) is 9.64. The summed E-state index contributed by atoms with van der Waals surface area (Å²) >= 11 is 3.64. The summed E-state index contributed by atoms with van der Waals surface area (Å²) in [5.74, 6) is 3.84. The molecule has 0 aromatic carbocycles. The van der Waals surface area contributed by atoms with Crippen LogP contribution in [0.15, 0.2) is 4.47 Å². The number of nitrogens with one attached hydrogen (secondary N) is 1. The third-order valence-electron chi connectivity index (χ3n) is 4.59. The van der Waals surface area contributed by atoms with Gasteiger partial charge < -0.3 is 5.32 Å². The van der Waals surface area contributed by atoms with E-state index in [-0.39, 0.29) is 0 Å². The molecule has 3 nitrogen and oxygen atoms in total. The van der Waals surface area contributed by atoms with Crippen molar-refractivity contribution in [2.24, 2.45) is 5.92 Å². The zero-order valence-electron chi connectivity index (χ0n) is 13.7. The first kappa shape index (κ1) is 16.7. The molecular weight excluding hydrogens is 326 g/mol. The van der Waals surface area contributed by atoms with Crippen molar-refractivity contribution in [3.8, 4) is 0 Å². The second kappa shape index (κ2) is 7.57. The summed E-state index contributed by atoms with van der Waals surface area (Å²) in [6.45, 7) is 6.67. The van der Waals surface area contributed by atoms with E-state index >= 15 is 0 Å². The predicted molar refractivity (Wildman–Crippen MR) is 93.0 cm³/mol. The van der Waals surface area contributed by atoms with Crippen LogP contribution in [0.25, 0.3) is 0 Å². The molecule has 0 bridgehead atoms. The summed E-state index contributed by atoms with van der Waals surface area (Å²) in [6.07, 6.45) is 7.85. The van der Waals surface area contributed by atoms with Crippen LogP contribution in [-0.4, -0.2) is 17.0 Å². The Bertz CT molecular complexity index is 465. The van der Waals surface area contributed by atoms with Crippen LogP contribution in [0.3, 0.4) is 0 Å². The molecule has 0 amide bonds. The van der Waals surface area contributed by atoms with E-state index in [2.05, 4.69) is 42.0 Å². The van der Waals surface area contributed by atoms with Crippen molar-refractivity contribution in [3.05, 3.63) is 16.0 Å². The van der Waals surface area contributed by atoms with Crippen LogP contribution in [0.5, 0.6) is 0 Å². The third-order valence-corrected chi connectivity index (χ3v) is 5.37. The van der Waals surface area contributed by atoms with Crippen molar-refractivity contribution in [1.29, 1.82) is 0 Å². The molecule has 0 unspecified atom stereocenters. The Kier molecular flexibility index (Phi) is 6.03. The van der Waals surface area contributed by atoms with Gasteiger partial charge in [-0.2, -0.15) is 0 Å². The van der Waals surface area contributed by atoms with Crippen molar-refractivity contribution >= 4 is 21.7 Å². The minimum atomic E-state index is 0.407. The molecule has 118 valence electrons. The van der Waals surface area contributed by atoms with Gasteiger partial charge in [-0.25, -0.2) is 9.97 Å². The Morgan fingerprint density at radius 1 is 1.19 bits per heavy atom. The average molecular weight is 354 g/mol. The Hall–Kier alpha value is -0.640. The van der Waals surface area contributed by atoms with Gasteiger partial charge >= 0.3 is 0 Å². The highest BCUT2D eigenvalue weighted by Gasteiger charge is 2.25. The molecule has 0 saturated heterocycles. The highest BCUT2D eigenvalue weighted by Crippen LogP contribution is 2.38. The molecule has 0 atom stereocenters. The molecule has 1 aromatic rings. The summed E-state index contributed by atoms with van der Waals surface area (Å²) in [7, 11) is 1.93. The molecule has 0 aliphatic heterocycles. The molecule has 4 heteroatoms. The van der Waals surface area contributed by atoms with E-state index in [9.17, 15) is 0 Å². The van der Waals surface area contributed by atoms with E-state index < -0.39 is 0 Å². The van der Waals surface area contributed by atoms with Gasteiger partial charge in [-0.15, -0.1) is 0 Å². The molecule has 21 heavy (non-hydrogen) atoms. The Balaban J connectivity index is 2.19. The largest absolute Gasteiger partial charge is 0.372 e. The zero-order chi connectivity index (χ0) is 15.4. The summed E-state index contributed by atoms with van der Waals surface area (Å²) in [5, 5.41) is 3.20. The van der Waals surface area contributed by atoms with Crippen LogP contribution in [0.1, 0.15) is 82.7 Å². The summed E-state index contributed by atoms with van der Waals surface area (Å²) in [5.41, 5.74) is 1.13. The van der Waals surface area contributed by atoms with Gasteiger partial charge in [-0.1, -0.05) is 33.6 Å². The molecule has 1 fully saturated rings. The molecule has 1 aromatic heterocycles. The van der Waals surface area contributed by atoms with Gasteiger partial charge in [0.1, 0.15) is 11.6 Å². The van der Waals surface area contributed by atoms with E-state index in [4.69, 9.17) is 9.97 Å². The third kappa shape index (κ3) is 3.97. The lowest BCUT2D eigenvalue weighted by molar-refractivity contribution is 0.302. The van der Waals surface area contributed by atoms with Crippen molar-refractivity contribution in [2.75, 3.05) is 12.4 Å². The second-order valence-corrected chi connectivity index (χ2v) is 7.33. The maximum Gasteiger partial charge on any atom is 0.144 e. The van der Waals surface area contributed by atoms with Gasteiger partial charge in [0.25, 0.3) is 0 Å². The van der Waals surface area contributed by atoms with Crippen LogP contribution in [0.4, 0.5) is 5.82 Å². The van der Waals surface area contributed by atoms with Crippen LogP contribution in [0.2, 0.25) is 0 Å². The van der Waals surface area contributed by atoms with Crippen LogP contribution in [0, 0.1) is 5.92 Å². The summed E-state index contributed by atoms with van der Waals surface area (Å²) in [6, 6.07) is 0. The molecule has 1 aliphatic rings. The second-order valence-electron chi connectivity index (χ2n) is 6.54. The van der Waals surface area contributed by atoms with E-state index in [0.29, 0.717) is 11.8 Å². The van der Waals surface area contributed by atoms with Crippen molar-refractivity contribution < 1.29 is 0 Å². The highest BCUT2D eigenvalue weighted by molar-refractivity contribution is 9.10. The van der Waals surface area contributed by atoms with Crippen LogP contribution >= 0.6 is 15.9 Å². The first-order valence-corrected chi connectivity index (χ1v) is 9.11. The quantitative estimate of drug-likeness (QED) is 0.761. The van der Waals surface area contributed by atoms with Gasteiger partial charge in [-0.3, -0.25) is 0 Å². The fourth-order valence-corrected chi connectivity index (χ4v) is 4.16. The Labute approximate surface area is 137 Å². The Morgan fingerprint density at radius 3 is 2.38 bits per heavy atom. The first-order chi connectivity index (χ1) is 10.1. The van der Waals surface area contributed by atoms with Gasteiger partial charge in [0, 0.05) is 13.0 Å². The molecular formula is C17H28BrN3. The lowest BCUT2D eigenvalue weighted by atomic mass is 9.79. The molecule has 0 spiro atoms. The Morgan fingerprint density at radius 2 is 1.86 bits per heavy atom. The fourth-order valence-electron chi connectivity index (χ4n) is 3.33. The molecule has 1 saturated carbocycles. The van der Waals surface area contributed by atoms with Gasteiger partial charge in [-0.05, 0) is 53.4 Å². The molecule has 1 aliphatic carbocycles. The first-order valence-electron chi connectivity index (χ1n) is 8.31. The van der Waals surface area contributed by atoms with Gasteiger partial charge in [0.05, 0.1) is 10.2 Å². The SMILES string of the molecule is CCCC1CCC(c2nc(NC)c(Br)c(C(C)C)n2)CC1. The van der Waals surface area contributed by atoms with Crippen molar-refractivity contribution in [3.63, 3.8) is 0 Å². The maximum absolute atomic E-state index is 4.88. The number of hydrogen-bond acceptors (Lipinski definition) is 3. The fraction of sp³-hybridized carbons (Fsp3) is 0.765. The number of anilines is 1. The number of nitrogens with zero attached hydrogens (tertiary/aromatic N) is 2. The minimum Gasteiger partial charge on any atom is -0.372 e. The standard InChI is InChI=1S/C17H28BrN3/c1-5-6-12-7-9-13(10-8-12)16-20-15(11(2)3)14(18)17(19-4)21-16/h11-13H,5-10H2,1-4H3,(H,19,20,21). The molecule has 2 rings (SSSR count). The lowest BCUT2D eigenvalue weighted by Gasteiger charge is -2.28. The van der Waals surface area contributed by atoms with E-state index in [1.807, 2.05) is 7.05 Å². The van der Waals surface area contributed by atoms with Crippen molar-refractivity contribution in [1.82, 2.24) is 9.97 Å². The van der Waals surface area contributed by atoms with Crippen LogP contribution < -0.4 is 5.32 Å². The average Bonchev–Trinajstić information content (AvgIpc) is 2.48. The van der Waals surface area contributed by atoms with E-state index in [0.717, 1.165) is 27.7 Å². The number of hydrogen-bond donors (Lipinski definition) is 1. The monoisotopic (exact) mass is 353 g/mol. The number of rotatable bonds is 5. The van der Waals surface area contributed by atoms with Gasteiger partial charge in [0.15, 0.2) is 0 Å². The number of halogens is 1.